The Morgan fingerprint density at radius 2 is 2.40 bits per heavy atom. The summed E-state index contributed by atoms with van der Waals surface area (Å²) in [6, 6.07) is 5.98. The molecule has 0 spiro atoms. The van der Waals surface area contributed by atoms with E-state index in [-0.39, 0.29) is 5.60 Å². The molecule has 2 heterocycles. The molecule has 0 saturated heterocycles. The number of aromatic nitrogens is 3. The van der Waals surface area contributed by atoms with Gasteiger partial charge in [0.2, 0.25) is 0 Å². The Kier molecular flexibility index (Phi) is 2.74. The Morgan fingerprint density at radius 3 is 3.25 bits per heavy atom. The molecule has 0 radical (unpaired) electrons. The van der Waals surface area contributed by atoms with Gasteiger partial charge in [0.1, 0.15) is 24.0 Å². The van der Waals surface area contributed by atoms with Gasteiger partial charge >= 0.3 is 0 Å². The first-order chi connectivity index (χ1) is 9.75. The van der Waals surface area contributed by atoms with Crippen LogP contribution in [0.4, 0.5) is 0 Å². The Morgan fingerprint density at radius 1 is 1.45 bits per heavy atom. The lowest BCUT2D eigenvalue weighted by Gasteiger charge is -2.40. The molecular formula is C15H16ClN3O. The van der Waals surface area contributed by atoms with Crippen molar-refractivity contribution in [1.82, 2.24) is 14.8 Å². The van der Waals surface area contributed by atoms with Crippen molar-refractivity contribution in [2.24, 2.45) is 5.92 Å². The van der Waals surface area contributed by atoms with Gasteiger partial charge in [0.25, 0.3) is 0 Å². The Hall–Kier alpha value is -1.55. The topological polar surface area (TPSA) is 39.9 Å². The first kappa shape index (κ1) is 12.2. The Labute approximate surface area is 122 Å². The molecule has 0 unspecified atom stereocenters. The van der Waals surface area contributed by atoms with Gasteiger partial charge in [0.15, 0.2) is 0 Å². The maximum absolute atomic E-state index is 6.42. The number of nitrogens with zero attached hydrogens (tertiary/aromatic N) is 3. The van der Waals surface area contributed by atoms with Crippen LogP contribution in [0.3, 0.4) is 0 Å². The zero-order valence-electron chi connectivity index (χ0n) is 11.1. The molecule has 1 fully saturated rings. The van der Waals surface area contributed by atoms with Crippen LogP contribution in [0, 0.1) is 5.92 Å². The van der Waals surface area contributed by atoms with Crippen molar-refractivity contribution < 1.29 is 4.74 Å². The van der Waals surface area contributed by atoms with E-state index in [0.717, 1.165) is 30.2 Å². The van der Waals surface area contributed by atoms with Gasteiger partial charge in [-0.2, -0.15) is 5.10 Å². The zero-order valence-corrected chi connectivity index (χ0v) is 11.9. The molecular weight excluding hydrogens is 274 g/mol. The molecule has 0 bridgehead atoms. The van der Waals surface area contributed by atoms with E-state index < -0.39 is 0 Å². The molecule has 1 saturated carbocycles. The van der Waals surface area contributed by atoms with Gasteiger partial charge in [0, 0.05) is 10.9 Å². The molecule has 4 nitrogen and oxygen atoms in total. The molecule has 4 rings (SSSR count). The fourth-order valence-electron chi connectivity index (χ4n) is 3.64. The van der Waals surface area contributed by atoms with Crippen LogP contribution >= 0.6 is 11.6 Å². The molecule has 1 aliphatic heterocycles. The van der Waals surface area contributed by atoms with Crippen molar-refractivity contribution in [3.63, 3.8) is 0 Å². The van der Waals surface area contributed by atoms with E-state index in [1.807, 2.05) is 16.8 Å². The first-order valence-corrected chi connectivity index (χ1v) is 7.43. The Balaban J connectivity index is 1.71. The molecule has 2 aliphatic rings. The highest BCUT2D eigenvalue weighted by molar-refractivity contribution is 6.30. The summed E-state index contributed by atoms with van der Waals surface area (Å²) in [5, 5.41) is 4.97. The Bertz CT molecular complexity index is 628. The lowest BCUT2D eigenvalue weighted by atomic mass is 9.82. The van der Waals surface area contributed by atoms with Crippen LogP contribution in [0.15, 0.2) is 30.9 Å². The second-order valence-corrected chi connectivity index (χ2v) is 6.24. The first-order valence-electron chi connectivity index (χ1n) is 7.05. The summed E-state index contributed by atoms with van der Waals surface area (Å²) in [5.41, 5.74) is 1.13. The largest absolute Gasteiger partial charge is 0.485 e. The van der Waals surface area contributed by atoms with Crippen LogP contribution in [-0.2, 0) is 13.0 Å². The summed E-state index contributed by atoms with van der Waals surface area (Å²) >= 11 is 6.10. The lowest BCUT2D eigenvalue weighted by molar-refractivity contribution is -0.00437. The van der Waals surface area contributed by atoms with Gasteiger partial charge in [-0.1, -0.05) is 17.7 Å². The highest BCUT2D eigenvalue weighted by atomic mass is 35.5. The maximum Gasteiger partial charge on any atom is 0.137 e. The maximum atomic E-state index is 6.42. The number of fused-ring (bicyclic) bond motifs is 2. The molecule has 104 valence electrons. The van der Waals surface area contributed by atoms with Gasteiger partial charge in [0.05, 0.1) is 6.54 Å². The predicted molar refractivity (Wildman–Crippen MR) is 75.9 cm³/mol. The molecule has 2 atom stereocenters. The number of ether oxygens (including phenoxy) is 1. The summed E-state index contributed by atoms with van der Waals surface area (Å²) in [6.07, 6.45) is 7.91. The molecule has 1 aromatic heterocycles. The fraction of sp³-hybridized carbons (Fsp3) is 0.467. The summed E-state index contributed by atoms with van der Waals surface area (Å²) in [7, 11) is 0. The minimum absolute atomic E-state index is 0.147. The average molecular weight is 290 g/mol. The van der Waals surface area contributed by atoms with E-state index in [4.69, 9.17) is 16.3 Å². The minimum atomic E-state index is -0.147. The summed E-state index contributed by atoms with van der Waals surface area (Å²) in [4.78, 5) is 4.03. The van der Waals surface area contributed by atoms with Crippen LogP contribution in [0.1, 0.15) is 24.8 Å². The highest BCUT2D eigenvalue weighted by Crippen LogP contribution is 2.47. The van der Waals surface area contributed by atoms with E-state index in [0.29, 0.717) is 5.92 Å². The quantitative estimate of drug-likeness (QED) is 0.853. The number of halogens is 1. The molecule has 5 heteroatoms. The van der Waals surface area contributed by atoms with Crippen molar-refractivity contribution in [3.05, 3.63) is 41.4 Å². The number of hydrogen-bond donors (Lipinski definition) is 0. The summed E-state index contributed by atoms with van der Waals surface area (Å²) < 4.78 is 8.31. The fourth-order valence-corrected chi connectivity index (χ4v) is 3.80. The lowest BCUT2D eigenvalue weighted by Crippen LogP contribution is -2.47. The molecule has 1 aliphatic carbocycles. The molecule has 0 N–H and O–H groups in total. The van der Waals surface area contributed by atoms with Crippen LogP contribution < -0.4 is 4.74 Å². The summed E-state index contributed by atoms with van der Waals surface area (Å²) in [5.74, 6) is 1.50. The van der Waals surface area contributed by atoms with Crippen molar-refractivity contribution in [3.8, 4) is 5.75 Å². The van der Waals surface area contributed by atoms with Crippen LogP contribution in [0.5, 0.6) is 5.75 Å². The van der Waals surface area contributed by atoms with Crippen molar-refractivity contribution in [2.45, 2.75) is 37.8 Å². The van der Waals surface area contributed by atoms with E-state index >= 15 is 0 Å². The summed E-state index contributed by atoms with van der Waals surface area (Å²) in [6.45, 7) is 0.767. The van der Waals surface area contributed by atoms with Gasteiger partial charge in [-0.25, -0.2) is 9.67 Å². The smallest absolute Gasteiger partial charge is 0.137 e. The van der Waals surface area contributed by atoms with Crippen molar-refractivity contribution in [2.75, 3.05) is 0 Å². The standard InChI is InChI=1S/C15H16ClN3O/c16-13-4-3-11-6-12-2-1-5-15(12,20-14(11)7-13)8-19-10-17-9-18-19/h3-4,7,9-10,12H,1-2,5-6,8H2/t12-,15+/m1/s1. The van der Waals surface area contributed by atoms with E-state index in [2.05, 4.69) is 16.1 Å². The van der Waals surface area contributed by atoms with Gasteiger partial charge in [-0.05, 0) is 43.4 Å². The van der Waals surface area contributed by atoms with Crippen LogP contribution in [-0.4, -0.2) is 20.4 Å². The molecule has 1 aromatic carbocycles. The molecule has 0 amide bonds. The van der Waals surface area contributed by atoms with Gasteiger partial charge in [-0.15, -0.1) is 0 Å². The number of benzene rings is 1. The van der Waals surface area contributed by atoms with E-state index in [9.17, 15) is 0 Å². The number of hydrogen-bond acceptors (Lipinski definition) is 3. The molecule has 2 aromatic rings. The minimum Gasteiger partial charge on any atom is -0.485 e. The van der Waals surface area contributed by atoms with Crippen molar-refractivity contribution in [1.29, 1.82) is 0 Å². The van der Waals surface area contributed by atoms with E-state index in [1.165, 1.54) is 18.4 Å². The normalized spacial score (nSPS) is 27.8. The third-order valence-corrected chi connectivity index (χ3v) is 4.84. The molecule has 20 heavy (non-hydrogen) atoms. The van der Waals surface area contributed by atoms with E-state index in [1.54, 1.807) is 12.7 Å². The SMILES string of the molecule is Clc1ccc2c(c1)O[C@]1(Cn3cncn3)CCC[C@@H]1C2. The van der Waals surface area contributed by atoms with Gasteiger partial charge in [-0.3, -0.25) is 0 Å². The second-order valence-electron chi connectivity index (χ2n) is 5.81. The zero-order chi connectivity index (χ0) is 13.6. The second kappa shape index (κ2) is 4.48. The third-order valence-electron chi connectivity index (χ3n) is 4.60. The predicted octanol–water partition coefficient (Wildman–Crippen LogP) is 3.11. The average Bonchev–Trinajstić information content (AvgIpc) is 3.05. The van der Waals surface area contributed by atoms with Crippen molar-refractivity contribution >= 4 is 11.6 Å². The van der Waals surface area contributed by atoms with Crippen LogP contribution in [0.2, 0.25) is 5.02 Å². The monoisotopic (exact) mass is 289 g/mol. The highest BCUT2D eigenvalue weighted by Gasteiger charge is 2.48. The number of rotatable bonds is 2. The van der Waals surface area contributed by atoms with Crippen LogP contribution in [0.25, 0.3) is 0 Å². The third kappa shape index (κ3) is 1.90. The van der Waals surface area contributed by atoms with Gasteiger partial charge < -0.3 is 4.74 Å².